The monoisotopic (exact) mass is 442 g/mol. The number of amides is 1. The molecule has 1 aliphatic carbocycles. The number of allylic oxidation sites excluding steroid dienone is 1. The topological polar surface area (TPSA) is 105 Å². The summed E-state index contributed by atoms with van der Waals surface area (Å²) in [6.07, 6.45) is 4.99. The van der Waals surface area contributed by atoms with Crippen LogP contribution in [-0.2, 0) is 9.53 Å². The molecule has 0 aromatic carbocycles. The van der Waals surface area contributed by atoms with Gasteiger partial charge in [-0.15, -0.1) is 0 Å². The first kappa shape index (κ1) is 24.4. The summed E-state index contributed by atoms with van der Waals surface area (Å²) in [6.45, 7) is 7.57. The fourth-order valence-corrected chi connectivity index (χ4v) is 4.12. The average Bonchev–Trinajstić information content (AvgIpc) is 3.67. The van der Waals surface area contributed by atoms with Crippen LogP contribution in [0.5, 0.6) is 0 Å². The number of pyridine rings is 1. The van der Waals surface area contributed by atoms with Gasteiger partial charge in [0.25, 0.3) is 5.91 Å². The first-order valence-corrected chi connectivity index (χ1v) is 11.8. The van der Waals surface area contributed by atoms with Gasteiger partial charge in [-0.25, -0.2) is 0 Å². The van der Waals surface area contributed by atoms with Crippen LogP contribution in [0.2, 0.25) is 0 Å². The number of carbonyl (C=O) groups excluding carboxylic acids is 1. The van der Waals surface area contributed by atoms with E-state index in [4.69, 9.17) is 15.5 Å². The highest BCUT2D eigenvalue weighted by Crippen LogP contribution is 2.32. The molecule has 2 heterocycles. The zero-order valence-electron chi connectivity index (χ0n) is 19.6. The van der Waals surface area contributed by atoms with Gasteiger partial charge in [-0.2, -0.15) is 0 Å². The summed E-state index contributed by atoms with van der Waals surface area (Å²) in [5.41, 5.74) is 10.1. The number of morpholine rings is 1. The molecule has 3 rings (SSSR count). The molecule has 1 amide bonds. The SMILES string of the molecule is CCC(C(=NCCCNC)c1ccccn1)=C(N)[C@@H](C)N(C(=O)[C@H]1CNCCO1)C1CC1. The van der Waals surface area contributed by atoms with Crippen molar-refractivity contribution in [3.8, 4) is 0 Å². The van der Waals surface area contributed by atoms with E-state index in [1.54, 1.807) is 6.20 Å². The molecule has 1 aromatic heterocycles. The van der Waals surface area contributed by atoms with Crippen LogP contribution in [0, 0.1) is 0 Å². The van der Waals surface area contributed by atoms with Gasteiger partial charge in [-0.3, -0.25) is 14.8 Å². The molecule has 0 unspecified atom stereocenters. The van der Waals surface area contributed by atoms with Crippen molar-refractivity contribution in [3.63, 3.8) is 0 Å². The van der Waals surface area contributed by atoms with Gasteiger partial charge >= 0.3 is 0 Å². The number of hydrogen-bond donors (Lipinski definition) is 3. The number of nitrogens with one attached hydrogen (secondary N) is 2. The lowest BCUT2D eigenvalue weighted by molar-refractivity contribution is -0.147. The van der Waals surface area contributed by atoms with Crippen molar-refractivity contribution in [2.24, 2.45) is 10.7 Å². The molecular weight excluding hydrogens is 404 g/mol. The fourth-order valence-electron chi connectivity index (χ4n) is 4.12. The maximum absolute atomic E-state index is 13.4. The summed E-state index contributed by atoms with van der Waals surface area (Å²) in [6, 6.07) is 5.82. The number of aliphatic imine (C=N–C) groups is 1. The minimum atomic E-state index is -0.449. The Kier molecular flexibility index (Phi) is 9.20. The molecule has 4 N–H and O–H groups in total. The van der Waals surface area contributed by atoms with Crippen LogP contribution in [0.1, 0.15) is 45.2 Å². The lowest BCUT2D eigenvalue weighted by atomic mass is 9.97. The van der Waals surface area contributed by atoms with Crippen LogP contribution in [0.3, 0.4) is 0 Å². The minimum Gasteiger partial charge on any atom is -0.400 e. The van der Waals surface area contributed by atoms with E-state index >= 15 is 0 Å². The van der Waals surface area contributed by atoms with Gasteiger partial charge in [-0.05, 0) is 58.3 Å². The van der Waals surface area contributed by atoms with Crippen LogP contribution in [-0.4, -0.2) is 79.5 Å². The second-order valence-electron chi connectivity index (χ2n) is 8.41. The van der Waals surface area contributed by atoms with Crippen molar-refractivity contribution in [1.82, 2.24) is 20.5 Å². The van der Waals surface area contributed by atoms with E-state index in [1.165, 1.54) is 0 Å². The van der Waals surface area contributed by atoms with Crippen LogP contribution < -0.4 is 16.4 Å². The summed E-state index contributed by atoms with van der Waals surface area (Å²) in [4.78, 5) is 24.7. The first-order valence-electron chi connectivity index (χ1n) is 11.8. The first-order chi connectivity index (χ1) is 15.6. The molecular formula is C24H38N6O2. The Hall–Kier alpha value is -2.29. The van der Waals surface area contributed by atoms with Gasteiger partial charge in [0.2, 0.25) is 0 Å². The van der Waals surface area contributed by atoms with E-state index in [1.807, 2.05) is 37.1 Å². The van der Waals surface area contributed by atoms with Gasteiger partial charge in [-0.1, -0.05) is 13.0 Å². The largest absolute Gasteiger partial charge is 0.400 e. The molecule has 1 saturated carbocycles. The molecule has 2 fully saturated rings. The number of nitrogens with two attached hydrogens (primary N) is 1. The number of ether oxygens (including phenoxy) is 1. The maximum Gasteiger partial charge on any atom is 0.253 e. The number of rotatable bonds is 11. The summed E-state index contributed by atoms with van der Waals surface area (Å²) < 4.78 is 5.76. The van der Waals surface area contributed by atoms with E-state index in [0.29, 0.717) is 31.8 Å². The summed E-state index contributed by atoms with van der Waals surface area (Å²) in [5, 5.41) is 6.42. The van der Waals surface area contributed by atoms with Gasteiger partial charge in [0.15, 0.2) is 0 Å². The molecule has 2 aliphatic rings. The number of carbonyl (C=O) groups is 1. The third-order valence-corrected chi connectivity index (χ3v) is 6.02. The van der Waals surface area contributed by atoms with E-state index < -0.39 is 6.10 Å². The minimum absolute atomic E-state index is 0.0240. The quantitative estimate of drug-likeness (QED) is 0.354. The van der Waals surface area contributed by atoms with Crippen molar-refractivity contribution in [2.75, 3.05) is 39.8 Å². The Labute approximate surface area is 191 Å². The molecule has 1 aliphatic heterocycles. The molecule has 0 spiro atoms. The molecule has 2 atom stereocenters. The van der Waals surface area contributed by atoms with E-state index in [2.05, 4.69) is 22.5 Å². The standard InChI is InChI=1S/C24H38N6O2/c1-4-19(23(29-13-7-11-26-3)20-8-5-6-12-28-20)22(25)17(2)30(18-9-10-18)24(31)21-16-27-14-15-32-21/h5-6,8,12,17-18,21,26-27H,4,7,9-11,13-16,25H2,1-3H3/t17-,21-/m1/s1. The predicted molar refractivity (Wildman–Crippen MR) is 128 cm³/mol. The van der Waals surface area contributed by atoms with Crippen molar-refractivity contribution in [3.05, 3.63) is 41.4 Å². The zero-order valence-corrected chi connectivity index (χ0v) is 19.6. The van der Waals surface area contributed by atoms with Crippen LogP contribution in [0.15, 0.2) is 40.7 Å². The summed E-state index contributed by atoms with van der Waals surface area (Å²) in [5.74, 6) is 0.0240. The normalized spacial score (nSPS) is 21.1. The van der Waals surface area contributed by atoms with Gasteiger partial charge in [0, 0.05) is 43.1 Å². The van der Waals surface area contributed by atoms with Crippen molar-refractivity contribution >= 4 is 11.6 Å². The highest BCUT2D eigenvalue weighted by molar-refractivity contribution is 6.11. The van der Waals surface area contributed by atoms with Crippen molar-refractivity contribution in [2.45, 2.75) is 57.7 Å². The molecule has 176 valence electrons. The van der Waals surface area contributed by atoms with Crippen molar-refractivity contribution in [1.29, 1.82) is 0 Å². The Balaban J connectivity index is 1.91. The molecule has 32 heavy (non-hydrogen) atoms. The maximum atomic E-state index is 13.4. The van der Waals surface area contributed by atoms with Gasteiger partial charge in [0.05, 0.1) is 24.1 Å². The molecule has 0 radical (unpaired) electrons. The average molecular weight is 443 g/mol. The third kappa shape index (κ3) is 6.15. The van der Waals surface area contributed by atoms with E-state index in [-0.39, 0.29) is 18.0 Å². The Morgan fingerprint density at radius 2 is 2.25 bits per heavy atom. The summed E-state index contributed by atoms with van der Waals surface area (Å²) >= 11 is 0. The van der Waals surface area contributed by atoms with E-state index in [9.17, 15) is 4.79 Å². The zero-order chi connectivity index (χ0) is 22.9. The van der Waals surface area contributed by atoms with E-state index in [0.717, 1.165) is 49.3 Å². The Morgan fingerprint density at radius 1 is 1.44 bits per heavy atom. The second kappa shape index (κ2) is 12.1. The van der Waals surface area contributed by atoms with Gasteiger partial charge < -0.3 is 26.0 Å². The fraction of sp³-hybridized carbons (Fsp3) is 0.625. The van der Waals surface area contributed by atoms with Crippen molar-refractivity contribution < 1.29 is 9.53 Å². The molecule has 1 saturated heterocycles. The van der Waals surface area contributed by atoms with Crippen LogP contribution in [0.25, 0.3) is 0 Å². The van der Waals surface area contributed by atoms with Crippen LogP contribution in [0.4, 0.5) is 0 Å². The molecule has 8 nitrogen and oxygen atoms in total. The lowest BCUT2D eigenvalue weighted by Crippen LogP contribution is -2.53. The number of hydrogen-bond acceptors (Lipinski definition) is 7. The summed E-state index contributed by atoms with van der Waals surface area (Å²) in [7, 11) is 1.94. The number of aromatic nitrogens is 1. The molecule has 0 bridgehead atoms. The highest BCUT2D eigenvalue weighted by atomic mass is 16.5. The molecule has 8 heteroatoms. The Bertz CT molecular complexity index is 800. The number of nitrogens with zero attached hydrogens (tertiary/aromatic N) is 3. The predicted octanol–water partition coefficient (Wildman–Crippen LogP) is 1.47. The highest BCUT2D eigenvalue weighted by Gasteiger charge is 2.40. The van der Waals surface area contributed by atoms with Gasteiger partial charge in [0.1, 0.15) is 6.10 Å². The second-order valence-corrected chi connectivity index (χ2v) is 8.41. The molecule has 1 aromatic rings. The van der Waals surface area contributed by atoms with Crippen LogP contribution >= 0.6 is 0 Å². The third-order valence-electron chi connectivity index (χ3n) is 6.02. The lowest BCUT2D eigenvalue weighted by Gasteiger charge is -2.35. The smallest absolute Gasteiger partial charge is 0.253 e. The Morgan fingerprint density at radius 3 is 2.84 bits per heavy atom.